The summed E-state index contributed by atoms with van der Waals surface area (Å²) in [6.07, 6.45) is 1.41. The number of Topliss-reactive ketones (excluding diaryl/α,β-unsaturated/α-hetero) is 1. The van der Waals surface area contributed by atoms with Crippen LogP contribution in [0.4, 0.5) is 0 Å². The zero-order valence-electron chi connectivity index (χ0n) is 12.3. The summed E-state index contributed by atoms with van der Waals surface area (Å²) in [5, 5.41) is 0. The Labute approximate surface area is 133 Å². The Morgan fingerprint density at radius 3 is 2.41 bits per heavy atom. The SMILES string of the molecule is COc1cccc2c1C(=O)C(Sc1ccc(C)cc1)=CC2=O. The molecule has 0 saturated carbocycles. The van der Waals surface area contributed by atoms with Crippen molar-refractivity contribution in [3.8, 4) is 5.75 Å². The average Bonchev–Trinajstić information content (AvgIpc) is 2.53. The highest BCUT2D eigenvalue weighted by Gasteiger charge is 2.29. The fourth-order valence-corrected chi connectivity index (χ4v) is 3.22. The van der Waals surface area contributed by atoms with Gasteiger partial charge in [0, 0.05) is 16.5 Å². The van der Waals surface area contributed by atoms with Gasteiger partial charge in [0.1, 0.15) is 5.75 Å². The fraction of sp³-hybridized carbons (Fsp3) is 0.111. The number of hydrogen-bond donors (Lipinski definition) is 0. The number of methoxy groups -OCH3 is 1. The molecule has 22 heavy (non-hydrogen) atoms. The van der Waals surface area contributed by atoms with Gasteiger partial charge in [-0.15, -0.1) is 0 Å². The van der Waals surface area contributed by atoms with Crippen LogP contribution in [0.2, 0.25) is 0 Å². The van der Waals surface area contributed by atoms with Crippen LogP contribution in [0, 0.1) is 6.92 Å². The number of allylic oxidation sites excluding steroid dienone is 2. The molecule has 0 saturated heterocycles. The minimum Gasteiger partial charge on any atom is -0.496 e. The molecule has 0 radical (unpaired) electrons. The lowest BCUT2D eigenvalue weighted by Gasteiger charge is -2.17. The van der Waals surface area contributed by atoms with Gasteiger partial charge >= 0.3 is 0 Å². The van der Waals surface area contributed by atoms with Crippen LogP contribution in [-0.4, -0.2) is 18.7 Å². The van der Waals surface area contributed by atoms with E-state index >= 15 is 0 Å². The van der Waals surface area contributed by atoms with Crippen LogP contribution in [0.15, 0.2) is 58.3 Å². The minimum absolute atomic E-state index is 0.164. The van der Waals surface area contributed by atoms with Crippen molar-refractivity contribution in [2.75, 3.05) is 7.11 Å². The summed E-state index contributed by atoms with van der Waals surface area (Å²) >= 11 is 1.30. The van der Waals surface area contributed by atoms with Gasteiger partial charge in [0.05, 0.1) is 17.6 Å². The van der Waals surface area contributed by atoms with Crippen LogP contribution in [0.5, 0.6) is 5.75 Å². The van der Waals surface area contributed by atoms with E-state index in [0.717, 1.165) is 10.5 Å². The van der Waals surface area contributed by atoms with Gasteiger partial charge in [0.15, 0.2) is 5.78 Å². The van der Waals surface area contributed by atoms with Crippen molar-refractivity contribution in [1.82, 2.24) is 0 Å². The first-order valence-corrected chi connectivity index (χ1v) is 7.64. The van der Waals surface area contributed by atoms with Crippen molar-refractivity contribution in [2.24, 2.45) is 0 Å². The zero-order chi connectivity index (χ0) is 15.7. The van der Waals surface area contributed by atoms with Crippen LogP contribution in [0.25, 0.3) is 0 Å². The molecule has 4 heteroatoms. The van der Waals surface area contributed by atoms with Crippen molar-refractivity contribution in [1.29, 1.82) is 0 Å². The second kappa shape index (κ2) is 5.81. The number of fused-ring (bicyclic) bond motifs is 1. The number of benzene rings is 2. The molecule has 0 aromatic heterocycles. The molecule has 0 amide bonds. The number of aryl methyl sites for hydroxylation is 1. The van der Waals surface area contributed by atoms with E-state index in [1.165, 1.54) is 24.9 Å². The van der Waals surface area contributed by atoms with E-state index in [0.29, 0.717) is 21.8 Å². The predicted octanol–water partition coefficient (Wildman–Crippen LogP) is 4.06. The number of rotatable bonds is 3. The number of thioether (sulfide) groups is 1. The molecule has 0 heterocycles. The summed E-state index contributed by atoms with van der Waals surface area (Å²) in [5.74, 6) is 0.103. The van der Waals surface area contributed by atoms with Crippen LogP contribution in [-0.2, 0) is 0 Å². The van der Waals surface area contributed by atoms with Crippen LogP contribution in [0.3, 0.4) is 0 Å². The monoisotopic (exact) mass is 310 g/mol. The molecule has 0 spiro atoms. The van der Waals surface area contributed by atoms with Crippen LogP contribution < -0.4 is 4.74 Å². The summed E-state index contributed by atoms with van der Waals surface area (Å²) in [6, 6.07) is 12.9. The Morgan fingerprint density at radius 2 is 1.73 bits per heavy atom. The van der Waals surface area contributed by atoms with Crippen molar-refractivity contribution in [3.63, 3.8) is 0 Å². The quantitative estimate of drug-likeness (QED) is 0.857. The molecule has 0 atom stereocenters. The van der Waals surface area contributed by atoms with E-state index in [1.54, 1.807) is 18.2 Å². The van der Waals surface area contributed by atoms with Gasteiger partial charge in [-0.2, -0.15) is 0 Å². The largest absolute Gasteiger partial charge is 0.496 e. The summed E-state index contributed by atoms with van der Waals surface area (Å²) in [6.45, 7) is 2.00. The maximum Gasteiger partial charge on any atom is 0.204 e. The molecule has 3 nitrogen and oxygen atoms in total. The first kappa shape index (κ1) is 14.6. The van der Waals surface area contributed by atoms with E-state index in [1.807, 2.05) is 31.2 Å². The zero-order valence-corrected chi connectivity index (χ0v) is 13.1. The third-order valence-electron chi connectivity index (χ3n) is 3.47. The highest BCUT2D eigenvalue weighted by molar-refractivity contribution is 8.04. The second-order valence-electron chi connectivity index (χ2n) is 5.00. The highest BCUT2D eigenvalue weighted by atomic mass is 32.2. The van der Waals surface area contributed by atoms with Gasteiger partial charge in [-0.3, -0.25) is 9.59 Å². The van der Waals surface area contributed by atoms with Crippen molar-refractivity contribution in [3.05, 3.63) is 70.1 Å². The first-order valence-electron chi connectivity index (χ1n) is 6.82. The number of hydrogen-bond acceptors (Lipinski definition) is 4. The molecular formula is C18H14O3S. The number of carbonyl (C=O) groups excluding carboxylic acids is 2. The van der Waals surface area contributed by atoms with Crippen LogP contribution in [0.1, 0.15) is 26.3 Å². The summed E-state index contributed by atoms with van der Waals surface area (Å²) < 4.78 is 5.24. The molecule has 0 N–H and O–H groups in total. The molecule has 1 aliphatic carbocycles. The molecule has 110 valence electrons. The topological polar surface area (TPSA) is 43.4 Å². The molecule has 2 aromatic carbocycles. The van der Waals surface area contributed by atoms with E-state index in [2.05, 4.69) is 0 Å². The van der Waals surface area contributed by atoms with Gasteiger partial charge in [0.2, 0.25) is 5.78 Å². The van der Waals surface area contributed by atoms with Gasteiger partial charge in [-0.1, -0.05) is 41.6 Å². The molecular weight excluding hydrogens is 296 g/mol. The number of ether oxygens (including phenoxy) is 1. The van der Waals surface area contributed by atoms with E-state index in [4.69, 9.17) is 4.74 Å². The van der Waals surface area contributed by atoms with Crippen molar-refractivity contribution in [2.45, 2.75) is 11.8 Å². The molecule has 3 rings (SSSR count). The predicted molar refractivity (Wildman–Crippen MR) is 86.8 cm³/mol. The molecule has 2 aromatic rings. The smallest absolute Gasteiger partial charge is 0.204 e. The van der Waals surface area contributed by atoms with Gasteiger partial charge in [-0.25, -0.2) is 0 Å². The summed E-state index contributed by atoms with van der Waals surface area (Å²) in [4.78, 5) is 26.3. The normalized spacial score (nSPS) is 13.6. The third kappa shape index (κ3) is 2.57. The van der Waals surface area contributed by atoms with Crippen molar-refractivity contribution < 1.29 is 14.3 Å². The molecule has 0 aliphatic heterocycles. The Balaban J connectivity index is 1.99. The molecule has 0 bridgehead atoms. The molecule has 1 aliphatic rings. The Bertz CT molecular complexity index is 788. The van der Waals surface area contributed by atoms with Crippen LogP contribution >= 0.6 is 11.8 Å². The molecule has 0 unspecified atom stereocenters. The lowest BCUT2D eigenvalue weighted by atomic mass is 9.94. The first-order chi connectivity index (χ1) is 10.6. The minimum atomic E-state index is -0.169. The standard InChI is InChI=1S/C18H14O3S/c1-11-6-8-12(9-7-11)22-16-10-14(19)13-4-3-5-15(21-2)17(13)18(16)20/h3-10H,1-2H3. The Morgan fingerprint density at radius 1 is 1.00 bits per heavy atom. The Kier molecular flexibility index (Phi) is 3.86. The second-order valence-corrected chi connectivity index (χ2v) is 6.12. The van der Waals surface area contributed by atoms with E-state index in [-0.39, 0.29) is 11.6 Å². The summed E-state index contributed by atoms with van der Waals surface area (Å²) in [5.41, 5.74) is 1.90. The number of carbonyl (C=O) groups is 2. The fourth-order valence-electron chi connectivity index (χ4n) is 2.34. The van der Waals surface area contributed by atoms with E-state index in [9.17, 15) is 9.59 Å². The van der Waals surface area contributed by atoms with Crippen molar-refractivity contribution >= 4 is 23.3 Å². The molecule has 0 fully saturated rings. The maximum absolute atomic E-state index is 12.7. The number of ketones is 2. The maximum atomic E-state index is 12.7. The third-order valence-corrected chi connectivity index (χ3v) is 4.50. The van der Waals surface area contributed by atoms with Gasteiger partial charge < -0.3 is 4.74 Å². The lowest BCUT2D eigenvalue weighted by Crippen LogP contribution is -2.16. The van der Waals surface area contributed by atoms with E-state index < -0.39 is 0 Å². The van der Waals surface area contributed by atoms with Gasteiger partial charge in [-0.05, 0) is 25.1 Å². The Hall–Kier alpha value is -2.33. The van der Waals surface area contributed by atoms with Gasteiger partial charge in [0.25, 0.3) is 0 Å². The average molecular weight is 310 g/mol. The lowest BCUT2D eigenvalue weighted by molar-refractivity contribution is 0.0988. The highest BCUT2D eigenvalue weighted by Crippen LogP contribution is 2.36. The summed E-state index contributed by atoms with van der Waals surface area (Å²) in [7, 11) is 1.50.